The molecule has 2 aliphatic heterocycles. The second kappa shape index (κ2) is 6.54. The summed E-state index contributed by atoms with van der Waals surface area (Å²) in [5.74, 6) is 0.571. The molecule has 2 aliphatic rings. The van der Waals surface area contributed by atoms with Gasteiger partial charge in [-0.05, 0) is 0 Å². The Bertz CT molecular complexity index is 807. The number of nitrogens with zero attached hydrogens (tertiary/aromatic N) is 2. The first-order valence-corrected chi connectivity index (χ1v) is 10.2. The third-order valence-corrected chi connectivity index (χ3v) is 7.08. The molecule has 0 saturated carbocycles. The minimum atomic E-state index is -0.243. The number of hydrogen-bond acceptors (Lipinski definition) is 3. The van der Waals surface area contributed by atoms with Gasteiger partial charge in [-0.25, -0.2) is 0 Å². The van der Waals surface area contributed by atoms with Crippen molar-refractivity contribution in [2.75, 3.05) is 12.0 Å². The monoisotopic (exact) mass is 402 g/mol. The summed E-state index contributed by atoms with van der Waals surface area (Å²) in [5, 5.41) is 13.1. The van der Waals surface area contributed by atoms with Crippen molar-refractivity contribution in [2.24, 2.45) is 5.92 Å². The molecular weight excluding hydrogens is 383 g/mol. The van der Waals surface area contributed by atoms with Crippen molar-refractivity contribution in [3.8, 4) is 5.75 Å². The molecule has 0 unspecified atom stereocenters. The van der Waals surface area contributed by atoms with Gasteiger partial charge in [0, 0.05) is 0 Å². The zero-order chi connectivity index (χ0) is 17.4. The molecule has 0 N–H and O–H groups in total. The van der Waals surface area contributed by atoms with Gasteiger partial charge in [-0.1, -0.05) is 0 Å². The van der Waals surface area contributed by atoms with E-state index in [2.05, 4.69) is 12.1 Å². The standard InChI is InChI=1S/C19H18N2O3Se/c1-24-14-9-7-13(8-10-14)21-16-11-20(23)17(18(16)19(21)22)12-25-15-5-3-2-4-6-15/h2-11,16-18H,12H2,1H3/t16-,17+,18-/m0/s1. The number of hydrogen-bond donors (Lipinski definition) is 0. The molecule has 2 heterocycles. The van der Waals surface area contributed by atoms with E-state index < -0.39 is 0 Å². The zero-order valence-corrected chi connectivity index (χ0v) is 15.5. The number of hydroxylamine groups is 1. The fourth-order valence-corrected chi connectivity index (χ4v) is 5.66. The normalized spacial score (nSPS) is 24.5. The van der Waals surface area contributed by atoms with Crippen molar-refractivity contribution in [2.45, 2.75) is 17.4 Å². The summed E-state index contributed by atoms with van der Waals surface area (Å²) >= 11 is 0.193. The quantitative estimate of drug-likeness (QED) is 0.330. The molecular formula is C19H18N2O3Se. The van der Waals surface area contributed by atoms with Crippen LogP contribution < -0.4 is 14.1 Å². The van der Waals surface area contributed by atoms with Gasteiger partial charge in [-0.15, -0.1) is 0 Å². The van der Waals surface area contributed by atoms with E-state index in [9.17, 15) is 10.0 Å². The molecule has 6 heteroatoms. The van der Waals surface area contributed by atoms with Crippen LogP contribution in [0, 0.1) is 11.1 Å². The van der Waals surface area contributed by atoms with Gasteiger partial charge >= 0.3 is 152 Å². The van der Waals surface area contributed by atoms with Crippen LogP contribution in [0.5, 0.6) is 5.75 Å². The van der Waals surface area contributed by atoms with Gasteiger partial charge in [0.1, 0.15) is 0 Å². The number of fused-ring (bicyclic) bond motifs is 1. The molecule has 128 valence electrons. The molecule has 1 amide bonds. The van der Waals surface area contributed by atoms with Crippen molar-refractivity contribution in [1.82, 2.24) is 0 Å². The number of amides is 1. The average molecular weight is 401 g/mol. The molecule has 1 saturated heterocycles. The van der Waals surface area contributed by atoms with Crippen LogP contribution in [0.3, 0.4) is 0 Å². The molecule has 0 radical (unpaired) electrons. The number of methoxy groups -OCH3 is 1. The van der Waals surface area contributed by atoms with Gasteiger partial charge in [0.2, 0.25) is 0 Å². The van der Waals surface area contributed by atoms with E-state index in [-0.39, 0.29) is 38.9 Å². The second-order valence-electron chi connectivity index (χ2n) is 6.12. The van der Waals surface area contributed by atoms with Gasteiger partial charge in [-0.3, -0.25) is 0 Å². The van der Waals surface area contributed by atoms with Gasteiger partial charge < -0.3 is 0 Å². The van der Waals surface area contributed by atoms with E-state index in [4.69, 9.17) is 4.74 Å². The molecule has 2 aromatic carbocycles. The number of carbonyl (C=O) groups excluding carboxylic acids is 1. The summed E-state index contributed by atoms with van der Waals surface area (Å²) in [7, 11) is 1.61. The van der Waals surface area contributed by atoms with Crippen molar-refractivity contribution in [3.63, 3.8) is 0 Å². The molecule has 1 fully saturated rings. The van der Waals surface area contributed by atoms with Gasteiger partial charge in [0.15, 0.2) is 0 Å². The van der Waals surface area contributed by atoms with Gasteiger partial charge in [-0.2, -0.15) is 0 Å². The second-order valence-corrected chi connectivity index (χ2v) is 8.42. The molecule has 2 aromatic rings. The Labute approximate surface area is 152 Å². The van der Waals surface area contributed by atoms with E-state index >= 15 is 0 Å². The van der Waals surface area contributed by atoms with Crippen LogP contribution in [0.2, 0.25) is 5.32 Å². The molecule has 0 bridgehead atoms. The van der Waals surface area contributed by atoms with Crippen LogP contribution in [0.1, 0.15) is 0 Å². The number of rotatable bonds is 5. The number of benzene rings is 2. The van der Waals surface area contributed by atoms with Crippen LogP contribution in [-0.4, -0.2) is 51.0 Å². The number of ether oxygens (including phenoxy) is 1. The summed E-state index contributed by atoms with van der Waals surface area (Å²) in [6.45, 7) is 0. The Balaban J connectivity index is 1.47. The Morgan fingerprint density at radius 3 is 2.56 bits per heavy atom. The summed E-state index contributed by atoms with van der Waals surface area (Å²) in [5.41, 5.74) is 0.811. The van der Waals surface area contributed by atoms with Crippen LogP contribution in [-0.2, 0) is 4.79 Å². The Morgan fingerprint density at radius 2 is 1.88 bits per heavy atom. The molecule has 25 heavy (non-hydrogen) atoms. The fraction of sp³-hybridized carbons (Fsp3) is 0.263. The molecule has 0 aromatic heterocycles. The van der Waals surface area contributed by atoms with Crippen LogP contribution in [0.4, 0.5) is 5.69 Å². The van der Waals surface area contributed by atoms with Crippen LogP contribution >= 0.6 is 0 Å². The molecule has 0 aliphatic carbocycles. The predicted molar refractivity (Wildman–Crippen MR) is 97.9 cm³/mol. The van der Waals surface area contributed by atoms with Crippen LogP contribution in [0.25, 0.3) is 0 Å². The summed E-state index contributed by atoms with van der Waals surface area (Å²) < 4.78 is 7.41. The number of β-lactam (4-membered cyclic amide) rings is 1. The van der Waals surface area contributed by atoms with E-state index in [0.717, 1.165) is 21.5 Å². The van der Waals surface area contributed by atoms with Crippen molar-refractivity contribution in [3.05, 3.63) is 59.8 Å². The van der Waals surface area contributed by atoms with Crippen LogP contribution in [0.15, 0.2) is 54.6 Å². The van der Waals surface area contributed by atoms with E-state index in [1.54, 1.807) is 18.2 Å². The van der Waals surface area contributed by atoms with Gasteiger partial charge in [0.05, 0.1) is 0 Å². The summed E-state index contributed by atoms with van der Waals surface area (Å²) in [4.78, 5) is 14.4. The SMILES string of the molecule is COc1ccc(N2C(=O)[C@@H]3[C@@H](C[Se]c4ccccc4)[N+]([O-])=C[C@@H]32)cc1. The molecule has 0 spiro atoms. The fourth-order valence-electron chi connectivity index (χ4n) is 3.42. The topological polar surface area (TPSA) is 55.6 Å². The predicted octanol–water partition coefficient (Wildman–Crippen LogP) is 1.44. The Kier molecular flexibility index (Phi) is 4.23. The van der Waals surface area contributed by atoms with Crippen molar-refractivity contribution >= 4 is 37.2 Å². The first-order chi connectivity index (χ1) is 12.2. The number of carbonyl (C=O) groups is 1. The Hall–Kier alpha value is -2.30. The molecule has 4 rings (SSSR count). The van der Waals surface area contributed by atoms with E-state index in [1.165, 1.54) is 4.46 Å². The first-order valence-electron chi connectivity index (χ1n) is 8.14. The summed E-state index contributed by atoms with van der Waals surface area (Å²) in [6.07, 6.45) is 1.65. The third kappa shape index (κ3) is 2.81. The molecule has 5 nitrogen and oxygen atoms in total. The van der Waals surface area contributed by atoms with Crippen molar-refractivity contribution in [1.29, 1.82) is 0 Å². The maximum atomic E-state index is 12.7. The van der Waals surface area contributed by atoms with E-state index in [1.807, 2.05) is 42.5 Å². The molecule has 3 atom stereocenters. The van der Waals surface area contributed by atoms with E-state index in [0.29, 0.717) is 0 Å². The van der Waals surface area contributed by atoms with Gasteiger partial charge in [0.25, 0.3) is 0 Å². The maximum absolute atomic E-state index is 12.7. The third-order valence-electron chi connectivity index (χ3n) is 4.74. The minimum absolute atomic E-state index is 0.0404. The zero-order valence-electron chi connectivity index (χ0n) is 13.7. The number of anilines is 1. The van der Waals surface area contributed by atoms with Crippen molar-refractivity contribution < 1.29 is 14.3 Å². The average Bonchev–Trinajstić information content (AvgIpc) is 2.93. The first kappa shape index (κ1) is 16.2. The Morgan fingerprint density at radius 1 is 1.16 bits per heavy atom. The summed E-state index contributed by atoms with van der Waals surface area (Å²) in [6, 6.07) is 17.2.